The molecule has 0 bridgehead atoms. The summed E-state index contributed by atoms with van der Waals surface area (Å²) in [5.41, 5.74) is 1.22. The van der Waals surface area contributed by atoms with Crippen molar-refractivity contribution >= 4 is 17.6 Å². The lowest BCUT2D eigenvalue weighted by atomic mass is 10.0. The molecular weight excluding hydrogens is 305 g/mol. The van der Waals surface area contributed by atoms with Crippen LogP contribution >= 0.6 is 0 Å². The molecule has 0 unspecified atom stereocenters. The minimum atomic E-state index is -0.438. The molecule has 2 rings (SSSR count). The van der Waals surface area contributed by atoms with Crippen molar-refractivity contribution in [3.63, 3.8) is 0 Å². The lowest BCUT2D eigenvalue weighted by molar-refractivity contribution is -0.134. The van der Waals surface area contributed by atoms with Crippen LogP contribution in [0, 0.1) is 17.1 Å². The number of halogens is 1. The van der Waals surface area contributed by atoms with E-state index in [4.69, 9.17) is 4.74 Å². The molecule has 0 saturated heterocycles. The Hall–Kier alpha value is -2.93. The summed E-state index contributed by atoms with van der Waals surface area (Å²) in [6.45, 7) is 2.01. The summed E-state index contributed by atoms with van der Waals surface area (Å²) in [5, 5.41) is 9.27. The van der Waals surface area contributed by atoms with Gasteiger partial charge in [0.15, 0.2) is 0 Å². The van der Waals surface area contributed by atoms with E-state index in [1.54, 1.807) is 48.5 Å². The number of nitriles is 1. The van der Waals surface area contributed by atoms with E-state index in [1.165, 1.54) is 6.07 Å². The molecule has 0 aromatic heterocycles. The molecule has 0 heterocycles. The first-order valence-corrected chi connectivity index (χ1v) is 7.81. The van der Waals surface area contributed by atoms with Crippen LogP contribution in [0.5, 0.6) is 5.75 Å². The van der Waals surface area contributed by atoms with Gasteiger partial charge in [0.25, 0.3) is 0 Å². The smallest absolute Gasteiger partial charge is 0.311 e. The lowest BCUT2D eigenvalue weighted by Crippen LogP contribution is -2.07. The zero-order chi connectivity index (χ0) is 17.4. The van der Waals surface area contributed by atoms with Gasteiger partial charge < -0.3 is 4.74 Å². The number of carbonyl (C=O) groups is 1. The third kappa shape index (κ3) is 4.79. The molecule has 4 heteroatoms. The zero-order valence-corrected chi connectivity index (χ0v) is 13.5. The number of hydrogen-bond donors (Lipinski definition) is 0. The van der Waals surface area contributed by atoms with E-state index in [9.17, 15) is 14.4 Å². The quantitative estimate of drug-likeness (QED) is 0.326. The molecule has 0 aliphatic carbocycles. The lowest BCUT2D eigenvalue weighted by Gasteiger charge is -2.05. The van der Waals surface area contributed by atoms with Gasteiger partial charge >= 0.3 is 5.97 Å². The van der Waals surface area contributed by atoms with E-state index in [1.807, 2.05) is 13.0 Å². The fourth-order valence-corrected chi connectivity index (χ4v) is 2.15. The highest BCUT2D eigenvalue weighted by molar-refractivity contribution is 5.89. The first-order valence-electron chi connectivity index (χ1n) is 7.81. The normalized spacial score (nSPS) is 11.0. The van der Waals surface area contributed by atoms with Gasteiger partial charge in [-0.25, -0.2) is 4.39 Å². The SMILES string of the molecule is CCCCC(=O)Oc1ccc(/C=C(/C#N)c2ccccc2F)cc1. The second-order valence-electron chi connectivity index (χ2n) is 5.30. The third-order valence-electron chi connectivity index (χ3n) is 3.44. The van der Waals surface area contributed by atoms with Crippen molar-refractivity contribution in [1.82, 2.24) is 0 Å². The first kappa shape index (κ1) is 17.4. The van der Waals surface area contributed by atoms with Crippen molar-refractivity contribution in [1.29, 1.82) is 5.26 Å². The molecule has 0 amide bonds. The monoisotopic (exact) mass is 323 g/mol. The highest BCUT2D eigenvalue weighted by atomic mass is 19.1. The highest BCUT2D eigenvalue weighted by Crippen LogP contribution is 2.22. The molecule has 0 aliphatic heterocycles. The van der Waals surface area contributed by atoms with Crippen molar-refractivity contribution in [2.75, 3.05) is 0 Å². The molecule has 3 nitrogen and oxygen atoms in total. The first-order chi connectivity index (χ1) is 11.6. The van der Waals surface area contributed by atoms with E-state index < -0.39 is 5.82 Å². The van der Waals surface area contributed by atoms with Crippen LogP contribution in [-0.4, -0.2) is 5.97 Å². The molecule has 0 aliphatic rings. The Morgan fingerprint density at radius 1 is 1.21 bits per heavy atom. The maximum atomic E-state index is 13.8. The van der Waals surface area contributed by atoms with E-state index in [-0.39, 0.29) is 17.1 Å². The highest BCUT2D eigenvalue weighted by Gasteiger charge is 2.07. The summed E-state index contributed by atoms with van der Waals surface area (Å²) >= 11 is 0. The van der Waals surface area contributed by atoms with Gasteiger partial charge in [-0.05, 0) is 36.3 Å². The number of carbonyl (C=O) groups excluding carboxylic acids is 1. The van der Waals surface area contributed by atoms with Crippen molar-refractivity contribution in [2.45, 2.75) is 26.2 Å². The summed E-state index contributed by atoms with van der Waals surface area (Å²) in [4.78, 5) is 11.6. The Labute approximate surface area is 141 Å². The number of nitrogens with zero attached hydrogens (tertiary/aromatic N) is 1. The minimum absolute atomic E-state index is 0.237. The predicted octanol–water partition coefficient (Wildman–Crippen LogP) is 4.99. The molecular formula is C20H18FNO2. The van der Waals surface area contributed by atoms with Gasteiger partial charge in [-0.3, -0.25) is 4.79 Å². The van der Waals surface area contributed by atoms with E-state index in [0.29, 0.717) is 12.2 Å². The van der Waals surface area contributed by atoms with Crippen LogP contribution in [-0.2, 0) is 4.79 Å². The van der Waals surface area contributed by atoms with Gasteiger partial charge in [-0.1, -0.05) is 43.7 Å². The number of hydrogen-bond acceptors (Lipinski definition) is 3. The molecule has 0 spiro atoms. The summed E-state index contributed by atoms with van der Waals surface area (Å²) < 4.78 is 19.0. The molecule has 2 aromatic rings. The number of benzene rings is 2. The number of unbranched alkanes of at least 4 members (excludes halogenated alkanes) is 1. The van der Waals surface area contributed by atoms with Gasteiger partial charge in [0.05, 0.1) is 11.6 Å². The molecule has 24 heavy (non-hydrogen) atoms. The van der Waals surface area contributed by atoms with Crippen molar-refractivity contribution in [3.8, 4) is 11.8 Å². The third-order valence-corrected chi connectivity index (χ3v) is 3.44. The van der Waals surface area contributed by atoms with E-state index in [2.05, 4.69) is 0 Å². The largest absolute Gasteiger partial charge is 0.427 e. The van der Waals surface area contributed by atoms with Crippen LogP contribution in [0.2, 0.25) is 0 Å². The van der Waals surface area contributed by atoms with Gasteiger partial charge in [0.1, 0.15) is 11.6 Å². The van der Waals surface area contributed by atoms with E-state index >= 15 is 0 Å². The Balaban J connectivity index is 2.14. The fraction of sp³-hybridized carbons (Fsp3) is 0.200. The Morgan fingerprint density at radius 3 is 2.54 bits per heavy atom. The van der Waals surface area contributed by atoms with Crippen LogP contribution in [0.4, 0.5) is 4.39 Å². The molecule has 0 fully saturated rings. The van der Waals surface area contributed by atoms with Crippen LogP contribution < -0.4 is 4.74 Å². The average molecular weight is 323 g/mol. The van der Waals surface area contributed by atoms with Crippen molar-refractivity contribution in [2.24, 2.45) is 0 Å². The zero-order valence-electron chi connectivity index (χ0n) is 13.5. The Kier molecular flexibility index (Phi) is 6.27. The van der Waals surface area contributed by atoms with Crippen LogP contribution in [0.1, 0.15) is 37.3 Å². The average Bonchev–Trinajstić information content (AvgIpc) is 2.60. The summed E-state index contributed by atoms with van der Waals surface area (Å²) in [6.07, 6.45) is 3.73. The summed E-state index contributed by atoms with van der Waals surface area (Å²) in [7, 11) is 0. The molecule has 0 radical (unpaired) electrons. The number of esters is 1. The van der Waals surface area contributed by atoms with Crippen LogP contribution in [0.25, 0.3) is 11.6 Å². The molecule has 122 valence electrons. The van der Waals surface area contributed by atoms with Gasteiger partial charge in [0, 0.05) is 12.0 Å². The molecule has 2 aromatic carbocycles. The van der Waals surface area contributed by atoms with Crippen molar-refractivity contribution < 1.29 is 13.9 Å². The second kappa shape index (κ2) is 8.64. The van der Waals surface area contributed by atoms with Gasteiger partial charge in [-0.15, -0.1) is 0 Å². The number of rotatable bonds is 6. The maximum absolute atomic E-state index is 13.8. The number of allylic oxidation sites excluding steroid dienone is 1. The topological polar surface area (TPSA) is 50.1 Å². The number of ether oxygens (including phenoxy) is 1. The standard InChI is InChI=1S/C20H18FNO2/c1-2-3-8-20(23)24-17-11-9-15(10-12-17)13-16(14-22)18-6-4-5-7-19(18)21/h4-7,9-13H,2-3,8H2,1H3/b16-13-. The van der Waals surface area contributed by atoms with Crippen LogP contribution in [0.3, 0.4) is 0 Å². The van der Waals surface area contributed by atoms with Crippen molar-refractivity contribution in [3.05, 3.63) is 65.5 Å². The second-order valence-corrected chi connectivity index (χ2v) is 5.30. The van der Waals surface area contributed by atoms with Gasteiger partial charge in [-0.2, -0.15) is 5.26 Å². The van der Waals surface area contributed by atoms with Gasteiger partial charge in [0.2, 0.25) is 0 Å². The Morgan fingerprint density at radius 2 is 1.92 bits per heavy atom. The van der Waals surface area contributed by atoms with E-state index in [0.717, 1.165) is 18.4 Å². The fourth-order valence-electron chi connectivity index (χ4n) is 2.15. The molecule has 0 saturated carbocycles. The summed E-state index contributed by atoms with van der Waals surface area (Å²) in [6, 6.07) is 14.9. The minimum Gasteiger partial charge on any atom is -0.427 e. The summed E-state index contributed by atoms with van der Waals surface area (Å²) in [5.74, 6) is -0.242. The maximum Gasteiger partial charge on any atom is 0.311 e. The molecule has 0 N–H and O–H groups in total. The van der Waals surface area contributed by atoms with Crippen LogP contribution in [0.15, 0.2) is 48.5 Å². The predicted molar refractivity (Wildman–Crippen MR) is 91.5 cm³/mol. The molecule has 0 atom stereocenters. The Bertz CT molecular complexity index is 773.